The van der Waals surface area contributed by atoms with Gasteiger partial charge in [0, 0.05) is 25.2 Å². The van der Waals surface area contributed by atoms with Crippen LogP contribution in [0.1, 0.15) is 56.3 Å². The van der Waals surface area contributed by atoms with E-state index in [1.807, 2.05) is 6.92 Å². The first-order valence-corrected chi connectivity index (χ1v) is 10.8. The van der Waals surface area contributed by atoms with E-state index < -0.39 is 10.0 Å². The SMILES string of the molecule is CCCCCNC(=O)c1ccc(Cl)c(S(=O)(=O)N2CCCC(C)C2)c1. The summed E-state index contributed by atoms with van der Waals surface area (Å²) in [6, 6.07) is 4.45. The minimum absolute atomic E-state index is 0.0180. The Morgan fingerprint density at radius 2 is 2.12 bits per heavy atom. The lowest BCUT2D eigenvalue weighted by Crippen LogP contribution is -2.39. The molecule has 1 aromatic carbocycles. The second-order valence-electron chi connectivity index (χ2n) is 6.72. The second kappa shape index (κ2) is 9.01. The van der Waals surface area contributed by atoms with E-state index in [9.17, 15) is 13.2 Å². The third kappa shape index (κ3) is 5.19. The summed E-state index contributed by atoms with van der Waals surface area (Å²) in [5.74, 6) is 0.0589. The molecule has 0 aliphatic carbocycles. The largest absolute Gasteiger partial charge is 0.352 e. The van der Waals surface area contributed by atoms with Crippen LogP contribution in [0, 0.1) is 5.92 Å². The summed E-state index contributed by atoms with van der Waals surface area (Å²) in [5.41, 5.74) is 0.324. The van der Waals surface area contributed by atoms with Crippen LogP contribution >= 0.6 is 11.6 Å². The van der Waals surface area contributed by atoms with Crippen molar-refractivity contribution in [3.05, 3.63) is 28.8 Å². The van der Waals surface area contributed by atoms with Gasteiger partial charge in [0.2, 0.25) is 10.0 Å². The van der Waals surface area contributed by atoms with Gasteiger partial charge in [-0.05, 0) is 43.4 Å². The predicted molar refractivity (Wildman–Crippen MR) is 100 cm³/mol. The number of hydrogen-bond donors (Lipinski definition) is 1. The summed E-state index contributed by atoms with van der Waals surface area (Å²) < 4.78 is 27.4. The molecule has 1 fully saturated rings. The highest BCUT2D eigenvalue weighted by Gasteiger charge is 2.30. The molecule has 1 unspecified atom stereocenters. The first-order valence-electron chi connectivity index (χ1n) is 8.94. The maximum absolute atomic E-state index is 12.9. The van der Waals surface area contributed by atoms with E-state index in [4.69, 9.17) is 11.6 Å². The summed E-state index contributed by atoms with van der Waals surface area (Å²) in [4.78, 5) is 12.3. The van der Waals surface area contributed by atoms with Crippen molar-refractivity contribution in [2.45, 2.75) is 50.8 Å². The van der Waals surface area contributed by atoms with Crippen molar-refractivity contribution in [2.75, 3.05) is 19.6 Å². The van der Waals surface area contributed by atoms with Crippen molar-refractivity contribution < 1.29 is 13.2 Å². The Labute approximate surface area is 155 Å². The van der Waals surface area contributed by atoms with E-state index in [0.717, 1.165) is 32.1 Å². The van der Waals surface area contributed by atoms with Gasteiger partial charge in [0.05, 0.1) is 5.02 Å². The molecule has 1 N–H and O–H groups in total. The van der Waals surface area contributed by atoms with Crippen molar-refractivity contribution in [3.8, 4) is 0 Å². The molecule has 0 radical (unpaired) electrons. The van der Waals surface area contributed by atoms with Crippen molar-refractivity contribution in [3.63, 3.8) is 0 Å². The Balaban J connectivity index is 2.19. The van der Waals surface area contributed by atoms with Gasteiger partial charge >= 0.3 is 0 Å². The van der Waals surface area contributed by atoms with Crippen LogP contribution in [0.15, 0.2) is 23.1 Å². The molecule has 0 saturated carbocycles. The lowest BCUT2D eigenvalue weighted by atomic mass is 10.0. The van der Waals surface area contributed by atoms with Gasteiger partial charge in [-0.2, -0.15) is 4.31 Å². The summed E-state index contributed by atoms with van der Waals surface area (Å²) in [7, 11) is -3.69. The van der Waals surface area contributed by atoms with E-state index in [0.29, 0.717) is 31.1 Å². The standard InChI is InChI=1S/C18H27ClN2O3S/c1-3-4-5-10-20-18(22)15-8-9-16(19)17(12-15)25(23,24)21-11-6-7-14(2)13-21/h8-9,12,14H,3-7,10-11,13H2,1-2H3,(H,20,22). The van der Waals surface area contributed by atoms with Gasteiger partial charge in [-0.1, -0.05) is 38.3 Å². The average molecular weight is 387 g/mol. The zero-order chi connectivity index (χ0) is 18.4. The van der Waals surface area contributed by atoms with Crippen molar-refractivity contribution in [1.29, 1.82) is 0 Å². The van der Waals surface area contributed by atoms with Crippen molar-refractivity contribution in [2.24, 2.45) is 5.92 Å². The summed E-state index contributed by atoms with van der Waals surface area (Å²) >= 11 is 6.15. The number of sulfonamides is 1. The Morgan fingerprint density at radius 3 is 2.80 bits per heavy atom. The number of nitrogens with one attached hydrogen (secondary N) is 1. The Bertz CT molecular complexity index is 706. The molecule has 1 aromatic rings. The van der Waals surface area contributed by atoms with E-state index >= 15 is 0 Å². The molecule has 1 aliphatic rings. The topological polar surface area (TPSA) is 66.5 Å². The van der Waals surface area contributed by atoms with E-state index in [1.54, 1.807) is 6.07 Å². The number of carbonyl (C=O) groups excluding carboxylic acids is 1. The number of nitrogens with zero attached hydrogens (tertiary/aromatic N) is 1. The molecule has 0 bridgehead atoms. The third-order valence-electron chi connectivity index (χ3n) is 4.50. The van der Waals surface area contributed by atoms with Crippen LogP contribution in [-0.4, -0.2) is 38.3 Å². The molecule has 0 aromatic heterocycles. The Hall–Kier alpha value is -1.11. The van der Waals surface area contributed by atoms with Gasteiger partial charge in [0.1, 0.15) is 4.90 Å². The molecule has 1 aliphatic heterocycles. The van der Waals surface area contributed by atoms with E-state index in [1.165, 1.54) is 16.4 Å². The average Bonchev–Trinajstić information content (AvgIpc) is 2.58. The number of benzene rings is 1. The number of piperidine rings is 1. The van der Waals surface area contributed by atoms with Crippen LogP contribution in [0.5, 0.6) is 0 Å². The van der Waals surface area contributed by atoms with Gasteiger partial charge in [-0.25, -0.2) is 8.42 Å². The van der Waals surface area contributed by atoms with Crippen molar-refractivity contribution in [1.82, 2.24) is 9.62 Å². The number of carbonyl (C=O) groups is 1. The molecule has 1 atom stereocenters. The fraction of sp³-hybridized carbons (Fsp3) is 0.611. The van der Waals surface area contributed by atoms with Gasteiger partial charge in [-0.3, -0.25) is 4.79 Å². The lowest BCUT2D eigenvalue weighted by Gasteiger charge is -2.30. The monoisotopic (exact) mass is 386 g/mol. The molecule has 1 saturated heterocycles. The molecular weight excluding hydrogens is 360 g/mol. The van der Waals surface area contributed by atoms with E-state index in [2.05, 4.69) is 12.2 Å². The summed E-state index contributed by atoms with van der Waals surface area (Å²) in [6.45, 7) is 5.71. The summed E-state index contributed by atoms with van der Waals surface area (Å²) in [6.07, 6.45) is 4.91. The highest BCUT2D eigenvalue weighted by atomic mass is 35.5. The number of amides is 1. The molecule has 5 nitrogen and oxygen atoms in total. The van der Waals surface area contributed by atoms with Gasteiger partial charge < -0.3 is 5.32 Å². The van der Waals surface area contributed by atoms with Gasteiger partial charge in [0.25, 0.3) is 5.91 Å². The molecule has 1 amide bonds. The molecule has 2 rings (SSSR count). The molecular formula is C18H27ClN2O3S. The molecule has 1 heterocycles. The van der Waals surface area contributed by atoms with Crippen LogP contribution in [0.4, 0.5) is 0 Å². The van der Waals surface area contributed by atoms with Crippen LogP contribution < -0.4 is 5.32 Å². The predicted octanol–water partition coefficient (Wildman–Crippen LogP) is 3.68. The summed E-state index contributed by atoms with van der Waals surface area (Å²) in [5, 5.41) is 2.98. The Kier molecular flexibility index (Phi) is 7.28. The third-order valence-corrected chi connectivity index (χ3v) is 6.84. The second-order valence-corrected chi connectivity index (χ2v) is 9.03. The molecule has 7 heteroatoms. The highest BCUT2D eigenvalue weighted by Crippen LogP contribution is 2.29. The first kappa shape index (κ1) is 20.2. The van der Waals surface area contributed by atoms with Crippen LogP contribution in [0.3, 0.4) is 0 Å². The van der Waals surface area contributed by atoms with Crippen LogP contribution in [0.2, 0.25) is 5.02 Å². The van der Waals surface area contributed by atoms with Gasteiger partial charge in [-0.15, -0.1) is 0 Å². The van der Waals surface area contributed by atoms with E-state index in [-0.39, 0.29) is 15.8 Å². The fourth-order valence-corrected chi connectivity index (χ4v) is 5.12. The number of rotatable bonds is 7. The molecule has 0 spiro atoms. The molecule has 140 valence electrons. The normalized spacial score (nSPS) is 18.9. The number of halogens is 1. The van der Waals surface area contributed by atoms with Gasteiger partial charge in [0.15, 0.2) is 0 Å². The maximum Gasteiger partial charge on any atom is 0.251 e. The highest BCUT2D eigenvalue weighted by molar-refractivity contribution is 7.89. The van der Waals surface area contributed by atoms with Crippen LogP contribution in [0.25, 0.3) is 0 Å². The quantitative estimate of drug-likeness (QED) is 0.727. The minimum atomic E-state index is -3.69. The zero-order valence-electron chi connectivity index (χ0n) is 14.9. The maximum atomic E-state index is 12.9. The zero-order valence-corrected chi connectivity index (χ0v) is 16.5. The fourth-order valence-electron chi connectivity index (χ4n) is 3.02. The number of hydrogen-bond acceptors (Lipinski definition) is 3. The molecule has 25 heavy (non-hydrogen) atoms. The number of unbranched alkanes of at least 4 members (excludes halogenated alkanes) is 2. The Morgan fingerprint density at radius 1 is 1.36 bits per heavy atom. The smallest absolute Gasteiger partial charge is 0.251 e. The first-order chi connectivity index (χ1) is 11.9. The van der Waals surface area contributed by atoms with Crippen molar-refractivity contribution >= 4 is 27.5 Å². The van der Waals surface area contributed by atoms with Crippen LogP contribution in [-0.2, 0) is 10.0 Å². The lowest BCUT2D eigenvalue weighted by molar-refractivity contribution is 0.0952. The minimum Gasteiger partial charge on any atom is -0.352 e.